The summed E-state index contributed by atoms with van der Waals surface area (Å²) in [7, 11) is 0. The van der Waals surface area contributed by atoms with E-state index in [4.69, 9.17) is 0 Å². The van der Waals surface area contributed by atoms with Crippen molar-refractivity contribution in [2.75, 3.05) is 12.0 Å². The van der Waals surface area contributed by atoms with Gasteiger partial charge in [-0.15, -0.1) is 0 Å². The van der Waals surface area contributed by atoms with Gasteiger partial charge in [-0.05, 0) is 56.9 Å². The lowest BCUT2D eigenvalue weighted by atomic mass is 10.1. The highest BCUT2D eigenvalue weighted by atomic mass is 32.2. The summed E-state index contributed by atoms with van der Waals surface area (Å²) in [5.74, 6) is 1.36. The number of fused-ring (bicyclic) bond motifs is 1. The maximum atomic E-state index is 12.9. The Morgan fingerprint density at radius 1 is 1.22 bits per heavy atom. The van der Waals surface area contributed by atoms with Crippen molar-refractivity contribution in [2.45, 2.75) is 33.2 Å². The molecule has 0 radical (unpaired) electrons. The van der Waals surface area contributed by atoms with Crippen molar-refractivity contribution >= 4 is 34.5 Å². The molecule has 27 heavy (non-hydrogen) atoms. The van der Waals surface area contributed by atoms with Crippen molar-refractivity contribution in [3.63, 3.8) is 0 Å². The molecule has 1 atom stereocenters. The van der Waals surface area contributed by atoms with Gasteiger partial charge in [0.1, 0.15) is 11.5 Å². The number of amides is 1. The van der Waals surface area contributed by atoms with Crippen LogP contribution in [-0.2, 0) is 0 Å². The Balaban J connectivity index is 1.89. The van der Waals surface area contributed by atoms with Crippen molar-refractivity contribution < 1.29 is 9.59 Å². The van der Waals surface area contributed by atoms with E-state index in [0.717, 1.165) is 34.7 Å². The third-order valence-electron chi connectivity index (χ3n) is 4.67. The van der Waals surface area contributed by atoms with Crippen molar-refractivity contribution in [2.24, 2.45) is 0 Å². The standard InChI is InChI=1S/C20H24N4O2S/c1-11-17(13(3)25)12(2)21-18(11)20(26)24-16(9-10-27-4)19-22-14-7-5-6-8-15(14)23-19/h5-8,16,21H,9-10H2,1-4H3,(H,22,23)(H,24,26)/t16-/m0/s1. The number of imidazole rings is 1. The summed E-state index contributed by atoms with van der Waals surface area (Å²) in [6.07, 6.45) is 2.79. The molecule has 1 aromatic carbocycles. The van der Waals surface area contributed by atoms with E-state index in [1.54, 1.807) is 18.7 Å². The average molecular weight is 385 g/mol. The monoisotopic (exact) mass is 384 g/mol. The number of rotatable bonds is 7. The number of para-hydroxylation sites is 2. The summed E-state index contributed by atoms with van der Waals surface area (Å²) in [5.41, 5.74) is 4.25. The molecular weight excluding hydrogens is 360 g/mol. The topological polar surface area (TPSA) is 90.6 Å². The van der Waals surface area contributed by atoms with Crippen LogP contribution in [0.2, 0.25) is 0 Å². The van der Waals surface area contributed by atoms with E-state index in [1.165, 1.54) is 6.92 Å². The quantitative estimate of drug-likeness (QED) is 0.538. The molecule has 3 rings (SSSR count). The fraction of sp³-hybridized carbons (Fsp3) is 0.350. The molecule has 0 spiro atoms. The Hall–Kier alpha value is -2.54. The number of hydrogen-bond acceptors (Lipinski definition) is 4. The summed E-state index contributed by atoms with van der Waals surface area (Å²) in [6, 6.07) is 7.57. The van der Waals surface area contributed by atoms with Crippen LogP contribution in [0.15, 0.2) is 24.3 Å². The Kier molecular flexibility index (Phi) is 5.70. The number of aromatic amines is 2. The van der Waals surface area contributed by atoms with Gasteiger partial charge >= 0.3 is 0 Å². The second kappa shape index (κ2) is 8.00. The summed E-state index contributed by atoms with van der Waals surface area (Å²) in [5, 5.41) is 3.08. The SMILES string of the molecule is CSCC[C@H](NC(=O)c1[nH]c(C)c(C(C)=O)c1C)c1nc2ccccc2[nH]1. The number of aromatic nitrogens is 3. The van der Waals surface area contributed by atoms with Crippen molar-refractivity contribution in [3.8, 4) is 0 Å². The second-order valence-electron chi connectivity index (χ2n) is 6.63. The zero-order valence-corrected chi connectivity index (χ0v) is 16.8. The van der Waals surface area contributed by atoms with E-state index in [2.05, 4.69) is 20.3 Å². The molecule has 1 amide bonds. The molecule has 0 aliphatic rings. The fourth-order valence-electron chi connectivity index (χ4n) is 3.39. The number of ketones is 1. The zero-order valence-electron chi connectivity index (χ0n) is 16.0. The lowest BCUT2D eigenvalue weighted by molar-refractivity contribution is 0.0929. The van der Waals surface area contributed by atoms with Gasteiger partial charge < -0.3 is 15.3 Å². The van der Waals surface area contributed by atoms with Crippen LogP contribution in [0.25, 0.3) is 11.0 Å². The fourth-order valence-corrected chi connectivity index (χ4v) is 3.86. The van der Waals surface area contributed by atoms with Gasteiger partial charge in [0.2, 0.25) is 0 Å². The van der Waals surface area contributed by atoms with Gasteiger partial charge in [0, 0.05) is 11.3 Å². The Bertz CT molecular complexity index is 956. The molecule has 0 bridgehead atoms. The Labute approximate surface area is 162 Å². The molecule has 0 saturated carbocycles. The summed E-state index contributed by atoms with van der Waals surface area (Å²) >= 11 is 1.72. The largest absolute Gasteiger partial charge is 0.354 e. The van der Waals surface area contributed by atoms with Crippen molar-refractivity contribution in [1.29, 1.82) is 0 Å². The van der Waals surface area contributed by atoms with E-state index in [0.29, 0.717) is 16.8 Å². The van der Waals surface area contributed by atoms with Crippen molar-refractivity contribution in [1.82, 2.24) is 20.3 Å². The predicted molar refractivity (Wildman–Crippen MR) is 110 cm³/mol. The smallest absolute Gasteiger partial charge is 0.268 e. The Morgan fingerprint density at radius 3 is 2.59 bits per heavy atom. The number of aryl methyl sites for hydroxylation is 1. The highest BCUT2D eigenvalue weighted by molar-refractivity contribution is 7.98. The number of H-pyrrole nitrogens is 2. The first kappa shape index (κ1) is 19.2. The second-order valence-corrected chi connectivity index (χ2v) is 7.61. The number of hydrogen-bond donors (Lipinski definition) is 3. The number of thioether (sulfide) groups is 1. The number of carbonyl (C=O) groups is 2. The lowest BCUT2D eigenvalue weighted by Gasteiger charge is -2.16. The van der Waals surface area contributed by atoms with Gasteiger partial charge in [-0.1, -0.05) is 12.1 Å². The summed E-state index contributed by atoms with van der Waals surface area (Å²) < 4.78 is 0. The minimum absolute atomic E-state index is 0.0449. The third-order valence-corrected chi connectivity index (χ3v) is 5.31. The first-order chi connectivity index (χ1) is 12.9. The van der Waals surface area contributed by atoms with Crippen LogP contribution in [0.4, 0.5) is 0 Å². The van der Waals surface area contributed by atoms with E-state index < -0.39 is 0 Å². The normalized spacial score (nSPS) is 12.3. The first-order valence-corrected chi connectivity index (χ1v) is 10.3. The summed E-state index contributed by atoms with van der Waals surface area (Å²) in [6.45, 7) is 5.12. The van der Waals surface area contributed by atoms with Crippen LogP contribution in [0.5, 0.6) is 0 Å². The maximum absolute atomic E-state index is 12.9. The van der Waals surface area contributed by atoms with Gasteiger partial charge in [0.05, 0.1) is 17.1 Å². The minimum Gasteiger partial charge on any atom is -0.354 e. The van der Waals surface area contributed by atoms with Gasteiger partial charge in [0.15, 0.2) is 5.78 Å². The number of carbonyl (C=O) groups excluding carboxylic acids is 2. The van der Waals surface area contributed by atoms with Crippen LogP contribution in [0, 0.1) is 13.8 Å². The number of Topliss-reactive ketones (excluding diaryl/α,β-unsaturated/α-hetero) is 1. The van der Waals surface area contributed by atoms with E-state index in [-0.39, 0.29) is 17.7 Å². The van der Waals surface area contributed by atoms with Crippen LogP contribution in [0.3, 0.4) is 0 Å². The molecule has 6 nitrogen and oxygen atoms in total. The molecule has 0 aliphatic carbocycles. The van der Waals surface area contributed by atoms with E-state index in [9.17, 15) is 9.59 Å². The molecular formula is C20H24N4O2S. The van der Waals surface area contributed by atoms with Crippen LogP contribution < -0.4 is 5.32 Å². The van der Waals surface area contributed by atoms with Gasteiger partial charge in [-0.2, -0.15) is 11.8 Å². The third kappa shape index (κ3) is 3.93. The zero-order chi connectivity index (χ0) is 19.6. The molecule has 3 N–H and O–H groups in total. The highest BCUT2D eigenvalue weighted by Crippen LogP contribution is 2.23. The molecule has 142 valence electrons. The average Bonchev–Trinajstić information content (AvgIpc) is 3.18. The molecule has 2 heterocycles. The van der Waals surface area contributed by atoms with E-state index >= 15 is 0 Å². The molecule has 3 aromatic rings. The highest BCUT2D eigenvalue weighted by Gasteiger charge is 2.24. The Morgan fingerprint density at radius 2 is 1.96 bits per heavy atom. The molecule has 0 unspecified atom stereocenters. The van der Waals surface area contributed by atoms with Crippen LogP contribution in [-0.4, -0.2) is 38.7 Å². The number of nitrogens with zero attached hydrogens (tertiary/aromatic N) is 1. The predicted octanol–water partition coefficient (Wildman–Crippen LogP) is 3.93. The van der Waals surface area contributed by atoms with Crippen LogP contribution in [0.1, 0.15) is 57.3 Å². The number of nitrogens with one attached hydrogen (secondary N) is 3. The lowest BCUT2D eigenvalue weighted by Crippen LogP contribution is -2.30. The van der Waals surface area contributed by atoms with Gasteiger partial charge in [0.25, 0.3) is 5.91 Å². The van der Waals surface area contributed by atoms with Gasteiger partial charge in [-0.3, -0.25) is 9.59 Å². The molecule has 0 aliphatic heterocycles. The molecule has 0 fully saturated rings. The first-order valence-electron chi connectivity index (χ1n) is 8.87. The molecule has 2 aromatic heterocycles. The van der Waals surface area contributed by atoms with Gasteiger partial charge in [-0.25, -0.2) is 4.98 Å². The van der Waals surface area contributed by atoms with Crippen LogP contribution >= 0.6 is 11.8 Å². The minimum atomic E-state index is -0.235. The van der Waals surface area contributed by atoms with E-state index in [1.807, 2.05) is 37.4 Å². The number of benzene rings is 1. The molecule has 0 saturated heterocycles. The summed E-state index contributed by atoms with van der Waals surface area (Å²) in [4.78, 5) is 35.8. The molecule has 7 heteroatoms. The van der Waals surface area contributed by atoms with Crippen molar-refractivity contribution in [3.05, 3.63) is 52.6 Å². The maximum Gasteiger partial charge on any atom is 0.268 e.